The number of alkyl halides is 3. The number of halogens is 5. The predicted molar refractivity (Wildman–Crippen MR) is 149 cm³/mol. The van der Waals surface area contributed by atoms with Gasteiger partial charge in [-0.2, -0.15) is 13.2 Å². The maximum Gasteiger partial charge on any atom is 0.416 e. The third kappa shape index (κ3) is 7.15. The molecular weight excluding hydrogens is 586 g/mol. The van der Waals surface area contributed by atoms with E-state index in [1.54, 1.807) is 41.0 Å². The number of aryl methyl sites for hydroxylation is 2. The molecule has 0 saturated carbocycles. The van der Waals surface area contributed by atoms with Crippen LogP contribution in [0.5, 0.6) is 0 Å². The molecule has 2 amide bonds. The fourth-order valence-electron chi connectivity index (χ4n) is 3.64. The third-order valence-corrected chi connectivity index (χ3v) is 7.34. The van der Waals surface area contributed by atoms with Crippen LogP contribution in [0.15, 0.2) is 65.8 Å². The highest BCUT2D eigenvalue weighted by atomic mass is 35.5. The third-order valence-electron chi connectivity index (χ3n) is 5.84. The lowest BCUT2D eigenvalue weighted by molar-refractivity contribution is -0.137. The predicted octanol–water partition coefficient (Wildman–Crippen LogP) is 6.87. The molecule has 2 N–H and O–H groups in total. The molecule has 1 aromatic heterocycles. The summed E-state index contributed by atoms with van der Waals surface area (Å²) in [5.74, 6) is -0.727. The number of hydrogen-bond acceptors (Lipinski definition) is 5. The minimum Gasteiger partial charge on any atom is -0.345 e. The van der Waals surface area contributed by atoms with E-state index >= 15 is 0 Å². The average molecular weight is 608 g/mol. The summed E-state index contributed by atoms with van der Waals surface area (Å²) in [6.07, 6.45) is -4.59. The van der Waals surface area contributed by atoms with E-state index in [4.69, 9.17) is 23.2 Å². The summed E-state index contributed by atoms with van der Waals surface area (Å²) >= 11 is 13.2. The first-order chi connectivity index (χ1) is 18.9. The molecule has 1 heterocycles. The minimum atomic E-state index is -4.59. The van der Waals surface area contributed by atoms with Crippen LogP contribution in [0.25, 0.3) is 5.69 Å². The topological polar surface area (TPSA) is 88.9 Å². The van der Waals surface area contributed by atoms with Crippen LogP contribution in [0.2, 0.25) is 10.0 Å². The van der Waals surface area contributed by atoms with E-state index in [0.717, 1.165) is 41.1 Å². The molecule has 7 nitrogen and oxygen atoms in total. The van der Waals surface area contributed by atoms with Gasteiger partial charge in [0.1, 0.15) is 0 Å². The van der Waals surface area contributed by atoms with Crippen LogP contribution in [0, 0.1) is 13.8 Å². The molecule has 0 aliphatic rings. The second-order valence-corrected chi connectivity index (χ2v) is 10.5. The number of amides is 2. The molecule has 0 bridgehead atoms. The Morgan fingerprint density at radius 2 is 1.75 bits per heavy atom. The molecule has 0 aliphatic carbocycles. The monoisotopic (exact) mass is 607 g/mol. The maximum atomic E-state index is 13.1. The normalized spacial score (nSPS) is 11.4. The van der Waals surface area contributed by atoms with Gasteiger partial charge < -0.3 is 10.6 Å². The molecule has 0 atom stereocenters. The first kappa shape index (κ1) is 29.4. The van der Waals surface area contributed by atoms with Crippen molar-refractivity contribution in [2.75, 3.05) is 11.1 Å². The Balaban J connectivity index is 1.52. The van der Waals surface area contributed by atoms with Gasteiger partial charge in [0.2, 0.25) is 5.91 Å². The van der Waals surface area contributed by atoms with Crippen molar-refractivity contribution < 1.29 is 22.8 Å². The van der Waals surface area contributed by atoms with Crippen molar-refractivity contribution in [3.05, 3.63) is 98.8 Å². The lowest BCUT2D eigenvalue weighted by atomic mass is 10.1. The minimum absolute atomic E-state index is 0.0257. The first-order valence-electron chi connectivity index (χ1n) is 11.8. The molecule has 4 aromatic rings. The summed E-state index contributed by atoms with van der Waals surface area (Å²) in [4.78, 5) is 25.4. The van der Waals surface area contributed by atoms with E-state index < -0.39 is 17.6 Å². The summed E-state index contributed by atoms with van der Waals surface area (Å²) in [5, 5.41) is 14.3. The van der Waals surface area contributed by atoms with Crippen LogP contribution in [0.4, 0.5) is 18.9 Å². The van der Waals surface area contributed by atoms with Crippen LogP contribution in [-0.4, -0.2) is 32.3 Å². The number of anilines is 1. The zero-order chi connectivity index (χ0) is 29.0. The van der Waals surface area contributed by atoms with Gasteiger partial charge in [-0.3, -0.25) is 14.2 Å². The molecule has 0 saturated heterocycles. The standard InChI is InChI=1S/C27H22Cl2F3N5O2S/c1-15-6-7-17(10-16(15)2)25(39)33-13-23-35-36-26(37(23)20-5-3-4-19(28)12-20)40-14-24(38)34-22-11-18(27(30,31)32)8-9-21(22)29/h3-12H,13-14H2,1-2H3,(H,33,39)(H,34,38). The molecule has 4 rings (SSSR count). The highest BCUT2D eigenvalue weighted by Crippen LogP contribution is 2.34. The van der Waals surface area contributed by atoms with Gasteiger partial charge in [0.15, 0.2) is 11.0 Å². The second-order valence-electron chi connectivity index (χ2n) is 8.73. The number of aromatic nitrogens is 3. The van der Waals surface area contributed by atoms with Gasteiger partial charge in [-0.1, -0.05) is 47.1 Å². The number of rotatable bonds is 8. The molecule has 0 unspecified atom stereocenters. The molecule has 0 aliphatic heterocycles. The Morgan fingerprint density at radius 1 is 0.975 bits per heavy atom. The van der Waals surface area contributed by atoms with Crippen molar-refractivity contribution in [1.82, 2.24) is 20.1 Å². The van der Waals surface area contributed by atoms with Crippen molar-refractivity contribution in [3.63, 3.8) is 0 Å². The SMILES string of the molecule is Cc1ccc(C(=O)NCc2nnc(SCC(=O)Nc3cc(C(F)(F)F)ccc3Cl)n2-c2cccc(Cl)c2)cc1C. The summed E-state index contributed by atoms with van der Waals surface area (Å²) < 4.78 is 40.9. The number of nitrogens with one attached hydrogen (secondary N) is 2. The number of hydrogen-bond donors (Lipinski definition) is 2. The Kier molecular flexibility index (Phi) is 9.07. The lowest BCUT2D eigenvalue weighted by Gasteiger charge is -2.13. The fourth-order valence-corrected chi connectivity index (χ4v) is 4.76. The maximum absolute atomic E-state index is 13.1. The van der Waals surface area contributed by atoms with Crippen LogP contribution in [-0.2, 0) is 17.5 Å². The molecule has 13 heteroatoms. The van der Waals surface area contributed by atoms with E-state index in [-0.39, 0.29) is 28.9 Å². The number of nitrogens with zero attached hydrogens (tertiary/aromatic N) is 3. The van der Waals surface area contributed by atoms with Crippen molar-refractivity contribution in [2.24, 2.45) is 0 Å². The van der Waals surface area contributed by atoms with Gasteiger partial charge in [0.05, 0.1) is 34.3 Å². The fraction of sp³-hybridized carbons (Fsp3) is 0.185. The number of thioether (sulfide) groups is 1. The van der Waals surface area contributed by atoms with Crippen molar-refractivity contribution in [3.8, 4) is 5.69 Å². The van der Waals surface area contributed by atoms with Crippen molar-refractivity contribution in [1.29, 1.82) is 0 Å². The molecule has 40 heavy (non-hydrogen) atoms. The largest absolute Gasteiger partial charge is 0.416 e. The number of benzene rings is 3. The molecular formula is C27H22Cl2F3N5O2S. The Hall–Kier alpha value is -3.54. The molecule has 0 fully saturated rings. The second kappa shape index (κ2) is 12.3. The lowest BCUT2D eigenvalue weighted by Crippen LogP contribution is -2.24. The van der Waals surface area contributed by atoms with E-state index in [1.165, 1.54) is 0 Å². The first-order valence-corrected chi connectivity index (χ1v) is 13.5. The van der Waals surface area contributed by atoms with E-state index in [1.807, 2.05) is 19.9 Å². The van der Waals surface area contributed by atoms with Gasteiger partial charge in [0, 0.05) is 10.6 Å². The van der Waals surface area contributed by atoms with E-state index in [9.17, 15) is 22.8 Å². The van der Waals surface area contributed by atoms with Gasteiger partial charge in [-0.25, -0.2) is 0 Å². The molecule has 0 radical (unpaired) electrons. The zero-order valence-electron chi connectivity index (χ0n) is 21.1. The van der Waals surface area contributed by atoms with Gasteiger partial charge in [-0.05, 0) is 73.5 Å². The van der Waals surface area contributed by atoms with Crippen molar-refractivity contribution in [2.45, 2.75) is 31.7 Å². The molecule has 3 aromatic carbocycles. The van der Waals surface area contributed by atoms with Crippen LogP contribution < -0.4 is 10.6 Å². The Morgan fingerprint density at radius 3 is 2.45 bits per heavy atom. The Labute approximate surface area is 242 Å². The zero-order valence-corrected chi connectivity index (χ0v) is 23.5. The van der Waals surface area contributed by atoms with Gasteiger partial charge in [-0.15, -0.1) is 10.2 Å². The van der Waals surface area contributed by atoms with Crippen molar-refractivity contribution >= 4 is 52.5 Å². The summed E-state index contributed by atoms with van der Waals surface area (Å²) in [7, 11) is 0. The van der Waals surface area contributed by atoms with E-state index in [0.29, 0.717) is 27.3 Å². The summed E-state index contributed by atoms with van der Waals surface area (Å²) in [6.45, 7) is 3.90. The van der Waals surface area contributed by atoms with E-state index in [2.05, 4.69) is 20.8 Å². The highest BCUT2D eigenvalue weighted by molar-refractivity contribution is 7.99. The number of carbonyl (C=O) groups excluding carboxylic acids is 2. The smallest absolute Gasteiger partial charge is 0.345 e. The van der Waals surface area contributed by atoms with Crippen LogP contribution >= 0.6 is 35.0 Å². The Bertz CT molecular complexity index is 1580. The number of carbonyl (C=O) groups is 2. The van der Waals surface area contributed by atoms with Gasteiger partial charge in [0.25, 0.3) is 5.91 Å². The molecule has 208 valence electrons. The summed E-state index contributed by atoms with van der Waals surface area (Å²) in [5.41, 5.74) is 2.05. The van der Waals surface area contributed by atoms with Gasteiger partial charge >= 0.3 is 6.18 Å². The molecule has 0 spiro atoms. The van der Waals surface area contributed by atoms with Crippen LogP contribution in [0.1, 0.15) is 32.9 Å². The average Bonchev–Trinajstić information content (AvgIpc) is 3.31. The van der Waals surface area contributed by atoms with Crippen LogP contribution in [0.3, 0.4) is 0 Å². The highest BCUT2D eigenvalue weighted by Gasteiger charge is 2.31. The quantitative estimate of drug-likeness (QED) is 0.213. The summed E-state index contributed by atoms with van der Waals surface area (Å²) in [6, 6.07) is 14.9.